The number of Topliss-reactive ketones (excluding diaryl/α,β-unsaturated/α-hetero) is 1. The fraction of sp³-hybridized carbons (Fsp3) is 0.636. The SMILES string of the molecule is CC(C)/C=C(/C=C1\NC(=O)CCCC1=O)c1nc(CCCC2CCCN(C(=O)C3CC3C#N)CC2)cc(NC2CC2)n1. The third-order valence-electron chi connectivity index (χ3n) is 8.64. The summed E-state index contributed by atoms with van der Waals surface area (Å²) in [6, 6.07) is 4.73. The van der Waals surface area contributed by atoms with Crippen molar-refractivity contribution in [1.82, 2.24) is 20.2 Å². The van der Waals surface area contributed by atoms with E-state index in [9.17, 15) is 14.4 Å². The van der Waals surface area contributed by atoms with Crippen molar-refractivity contribution >= 4 is 29.0 Å². The van der Waals surface area contributed by atoms with Gasteiger partial charge in [0, 0.05) is 49.3 Å². The van der Waals surface area contributed by atoms with Crippen LogP contribution in [0.1, 0.15) is 96.0 Å². The summed E-state index contributed by atoms with van der Waals surface area (Å²) in [7, 11) is 0. The average Bonchev–Trinajstić information content (AvgIpc) is 3.86. The van der Waals surface area contributed by atoms with Crippen LogP contribution < -0.4 is 10.6 Å². The number of carbonyl (C=O) groups is 3. The van der Waals surface area contributed by atoms with E-state index >= 15 is 0 Å². The second-order valence-corrected chi connectivity index (χ2v) is 12.8. The molecule has 1 aromatic rings. The number of allylic oxidation sites excluding steroid dienone is 4. The maximum atomic E-state index is 12.7. The molecule has 3 atom stereocenters. The predicted molar refractivity (Wildman–Crippen MR) is 161 cm³/mol. The van der Waals surface area contributed by atoms with Crippen molar-refractivity contribution in [2.45, 2.75) is 96.9 Å². The normalized spacial score (nSPS) is 26.0. The minimum atomic E-state index is -0.133. The van der Waals surface area contributed by atoms with E-state index in [0.717, 1.165) is 88.0 Å². The van der Waals surface area contributed by atoms with Crippen LogP contribution in [0.2, 0.25) is 0 Å². The van der Waals surface area contributed by atoms with Crippen LogP contribution in [0, 0.1) is 35.0 Å². The quantitative estimate of drug-likeness (QED) is 0.380. The van der Waals surface area contributed by atoms with Crippen LogP contribution >= 0.6 is 0 Å². The molecule has 2 N–H and O–H groups in total. The molecule has 2 aliphatic carbocycles. The standard InChI is InChI=1S/C33H44N6O3/c1-21(2)16-23(18-28-29(40)9-4-10-31(41)37-28)32-36-26(19-30(38-32)35-25-11-12-25)8-3-6-22-7-5-14-39(15-13-22)33(42)27-17-24(27)20-34/h16,18-19,21-22,24-25,27H,3-15,17H2,1-2H3,(H,37,41)(H,35,36,38)/b23-16-,28-18-. The maximum Gasteiger partial charge on any atom is 0.227 e. The topological polar surface area (TPSA) is 128 Å². The lowest BCUT2D eigenvalue weighted by Gasteiger charge is -2.20. The highest BCUT2D eigenvalue weighted by Crippen LogP contribution is 2.40. The first-order chi connectivity index (χ1) is 20.3. The number of nitrogens with one attached hydrogen (secondary N) is 2. The molecular weight excluding hydrogens is 528 g/mol. The van der Waals surface area contributed by atoms with Gasteiger partial charge >= 0.3 is 0 Å². The molecule has 4 aliphatic rings. The molecule has 2 amide bonds. The molecule has 0 spiro atoms. The van der Waals surface area contributed by atoms with Crippen LogP contribution in [0.3, 0.4) is 0 Å². The zero-order valence-corrected chi connectivity index (χ0v) is 25.0. The monoisotopic (exact) mass is 572 g/mol. The number of aryl methyl sites for hydroxylation is 1. The highest BCUT2D eigenvalue weighted by atomic mass is 16.2. The van der Waals surface area contributed by atoms with Gasteiger partial charge < -0.3 is 15.5 Å². The number of hydrogen-bond acceptors (Lipinski definition) is 7. The summed E-state index contributed by atoms with van der Waals surface area (Å²) in [5.74, 6) is 1.99. The number of amides is 2. The van der Waals surface area contributed by atoms with Gasteiger partial charge in [-0.3, -0.25) is 14.4 Å². The fourth-order valence-electron chi connectivity index (χ4n) is 6.00. The Bertz CT molecular complexity index is 1290. The first kappa shape index (κ1) is 29.9. The largest absolute Gasteiger partial charge is 0.367 e. The second kappa shape index (κ2) is 13.6. The number of rotatable bonds is 10. The van der Waals surface area contributed by atoms with Crippen LogP contribution in [-0.4, -0.2) is 51.6 Å². The van der Waals surface area contributed by atoms with E-state index in [4.69, 9.17) is 15.2 Å². The van der Waals surface area contributed by atoms with Crippen molar-refractivity contribution in [2.75, 3.05) is 18.4 Å². The number of likely N-dealkylation sites (tertiary alicyclic amines) is 1. The van der Waals surface area contributed by atoms with Crippen molar-refractivity contribution in [2.24, 2.45) is 23.7 Å². The van der Waals surface area contributed by atoms with E-state index in [1.54, 1.807) is 6.08 Å². The number of carbonyl (C=O) groups excluding carboxylic acids is 3. The van der Waals surface area contributed by atoms with Gasteiger partial charge in [-0.25, -0.2) is 9.97 Å². The average molecular weight is 573 g/mol. The summed E-state index contributed by atoms with van der Waals surface area (Å²) in [5, 5.41) is 15.4. The summed E-state index contributed by atoms with van der Waals surface area (Å²) in [4.78, 5) is 49.5. The molecule has 3 heterocycles. The number of aromatic nitrogens is 2. The van der Waals surface area contributed by atoms with Gasteiger partial charge in [0.15, 0.2) is 11.6 Å². The van der Waals surface area contributed by atoms with Gasteiger partial charge in [0.05, 0.1) is 23.6 Å². The number of nitrogens with zero attached hydrogens (tertiary/aromatic N) is 4. The Balaban J connectivity index is 1.26. The molecule has 1 aromatic heterocycles. The Kier molecular flexibility index (Phi) is 9.71. The molecule has 9 nitrogen and oxygen atoms in total. The highest BCUT2D eigenvalue weighted by molar-refractivity contribution is 6.02. The minimum absolute atomic E-state index is 0.0614. The third kappa shape index (κ3) is 8.27. The number of anilines is 1. The van der Waals surface area contributed by atoms with Gasteiger partial charge in [0.2, 0.25) is 11.8 Å². The summed E-state index contributed by atoms with van der Waals surface area (Å²) >= 11 is 0. The first-order valence-corrected chi connectivity index (χ1v) is 15.9. The van der Waals surface area contributed by atoms with E-state index in [0.29, 0.717) is 42.7 Å². The highest BCUT2D eigenvalue weighted by Gasteiger charge is 2.45. The van der Waals surface area contributed by atoms with Crippen LogP contribution in [0.15, 0.2) is 23.9 Å². The molecule has 42 heavy (non-hydrogen) atoms. The van der Waals surface area contributed by atoms with Crippen LogP contribution in [0.5, 0.6) is 0 Å². The van der Waals surface area contributed by atoms with Gasteiger partial charge in [-0.2, -0.15) is 5.26 Å². The third-order valence-corrected chi connectivity index (χ3v) is 8.64. The van der Waals surface area contributed by atoms with E-state index in [1.165, 1.54) is 0 Å². The molecule has 0 bridgehead atoms. The number of nitriles is 1. The zero-order valence-electron chi connectivity index (χ0n) is 25.0. The minimum Gasteiger partial charge on any atom is -0.367 e. The van der Waals surface area contributed by atoms with Crippen LogP contribution in [-0.2, 0) is 20.8 Å². The Morgan fingerprint density at radius 2 is 2.00 bits per heavy atom. The van der Waals surface area contributed by atoms with Crippen molar-refractivity contribution in [1.29, 1.82) is 5.26 Å². The molecule has 5 rings (SSSR count). The van der Waals surface area contributed by atoms with Gasteiger partial charge in [0.25, 0.3) is 0 Å². The number of hydrogen-bond donors (Lipinski definition) is 2. The van der Waals surface area contributed by atoms with E-state index in [-0.39, 0.29) is 35.4 Å². The fourth-order valence-corrected chi connectivity index (χ4v) is 6.00. The van der Waals surface area contributed by atoms with Crippen molar-refractivity contribution in [3.8, 4) is 6.07 Å². The van der Waals surface area contributed by atoms with Gasteiger partial charge in [-0.15, -0.1) is 0 Å². The molecule has 9 heteroatoms. The van der Waals surface area contributed by atoms with Gasteiger partial charge in [0.1, 0.15) is 5.82 Å². The Morgan fingerprint density at radius 3 is 2.74 bits per heavy atom. The predicted octanol–water partition coefficient (Wildman–Crippen LogP) is 4.95. The van der Waals surface area contributed by atoms with E-state index in [1.807, 2.05) is 4.90 Å². The smallest absolute Gasteiger partial charge is 0.227 e. The van der Waals surface area contributed by atoms with Gasteiger partial charge in [-0.05, 0) is 75.7 Å². The molecule has 2 aliphatic heterocycles. The Hall–Kier alpha value is -3.54. The summed E-state index contributed by atoms with van der Waals surface area (Å²) in [6.45, 7) is 5.75. The van der Waals surface area contributed by atoms with Crippen molar-refractivity contribution in [3.05, 3.63) is 35.4 Å². The summed E-state index contributed by atoms with van der Waals surface area (Å²) in [6.07, 6.45) is 14.1. The Labute approximate surface area is 249 Å². The molecule has 2 saturated heterocycles. The lowest BCUT2D eigenvalue weighted by Crippen LogP contribution is -2.33. The Morgan fingerprint density at radius 1 is 1.17 bits per heavy atom. The van der Waals surface area contributed by atoms with Crippen LogP contribution in [0.4, 0.5) is 5.82 Å². The summed E-state index contributed by atoms with van der Waals surface area (Å²) in [5.41, 5.74) is 2.04. The second-order valence-electron chi connectivity index (χ2n) is 12.8. The van der Waals surface area contributed by atoms with E-state index in [2.05, 4.69) is 42.7 Å². The van der Waals surface area contributed by atoms with Crippen molar-refractivity contribution in [3.63, 3.8) is 0 Å². The number of ketones is 1. The molecule has 3 unspecified atom stereocenters. The van der Waals surface area contributed by atoms with Crippen LogP contribution in [0.25, 0.3) is 5.57 Å². The molecule has 0 aromatic carbocycles. The molecule has 224 valence electrons. The lowest BCUT2D eigenvalue weighted by molar-refractivity contribution is -0.132. The van der Waals surface area contributed by atoms with E-state index < -0.39 is 0 Å². The zero-order chi connectivity index (χ0) is 29.6. The first-order valence-electron chi connectivity index (χ1n) is 15.9. The molecule has 0 radical (unpaired) electrons. The maximum absolute atomic E-state index is 12.7. The lowest BCUT2D eigenvalue weighted by atomic mass is 9.94. The summed E-state index contributed by atoms with van der Waals surface area (Å²) < 4.78 is 0. The molecule has 2 saturated carbocycles. The molecule has 4 fully saturated rings. The van der Waals surface area contributed by atoms with Gasteiger partial charge in [-0.1, -0.05) is 26.3 Å². The van der Waals surface area contributed by atoms with Crippen molar-refractivity contribution < 1.29 is 14.4 Å². The molecular formula is C33H44N6O3.